The van der Waals surface area contributed by atoms with Crippen molar-refractivity contribution in [2.24, 2.45) is 0 Å². The van der Waals surface area contributed by atoms with E-state index in [2.05, 4.69) is 15.3 Å². The van der Waals surface area contributed by atoms with E-state index in [1.807, 2.05) is 24.3 Å². The Morgan fingerprint density at radius 2 is 1.97 bits per heavy atom. The van der Waals surface area contributed by atoms with E-state index < -0.39 is 6.04 Å². The number of nitrogens with zero attached hydrogens (tertiary/aromatic N) is 4. The van der Waals surface area contributed by atoms with Gasteiger partial charge in [0.05, 0.1) is 6.54 Å². The Hall–Kier alpha value is -2.38. The van der Waals surface area contributed by atoms with E-state index in [0.717, 1.165) is 37.5 Å². The third kappa shape index (κ3) is 6.05. The molecule has 2 aromatic rings. The van der Waals surface area contributed by atoms with E-state index in [-0.39, 0.29) is 24.4 Å². The molecule has 1 atom stereocenters. The number of carbonyl (C=O) groups is 2. The van der Waals surface area contributed by atoms with Crippen LogP contribution in [0.15, 0.2) is 42.7 Å². The Kier molecular flexibility index (Phi) is 7.28. The van der Waals surface area contributed by atoms with Gasteiger partial charge in [-0.15, -0.1) is 0 Å². The van der Waals surface area contributed by atoms with Crippen molar-refractivity contribution in [1.29, 1.82) is 0 Å². The van der Waals surface area contributed by atoms with Crippen LogP contribution in [0, 0.1) is 0 Å². The zero-order valence-corrected chi connectivity index (χ0v) is 17.7. The standard InChI is InChI=1S/C21H28ClN5O2/c1-16(27-11-3-10-23-27)21(29)25(2)15-20(28)24-19-8-12-26(13-9-19)14-17-4-6-18(22)7-5-17/h3-7,10-11,16,19H,8-9,12-15H2,1-2H3,(H,24,28)/t16-/m1/s1. The van der Waals surface area contributed by atoms with E-state index in [1.54, 1.807) is 37.1 Å². The van der Waals surface area contributed by atoms with Gasteiger partial charge in [-0.3, -0.25) is 19.2 Å². The molecule has 156 valence electrons. The summed E-state index contributed by atoms with van der Waals surface area (Å²) in [6.45, 7) is 4.58. The number of likely N-dealkylation sites (tertiary alicyclic amines) is 1. The molecule has 1 aliphatic heterocycles. The Morgan fingerprint density at radius 1 is 1.28 bits per heavy atom. The van der Waals surface area contributed by atoms with Crippen molar-refractivity contribution < 1.29 is 9.59 Å². The molecule has 1 aliphatic rings. The smallest absolute Gasteiger partial charge is 0.247 e. The van der Waals surface area contributed by atoms with Crippen LogP contribution in [0.4, 0.5) is 0 Å². The monoisotopic (exact) mass is 417 g/mol. The summed E-state index contributed by atoms with van der Waals surface area (Å²) < 4.78 is 1.59. The van der Waals surface area contributed by atoms with Crippen LogP contribution in [-0.2, 0) is 16.1 Å². The van der Waals surface area contributed by atoms with Crippen molar-refractivity contribution in [2.75, 3.05) is 26.7 Å². The molecule has 3 rings (SSSR count). The highest BCUT2D eigenvalue weighted by Crippen LogP contribution is 2.16. The lowest BCUT2D eigenvalue weighted by Gasteiger charge is -2.32. The maximum atomic E-state index is 12.5. The number of halogens is 1. The van der Waals surface area contributed by atoms with Crippen LogP contribution in [0.1, 0.15) is 31.4 Å². The number of piperidine rings is 1. The van der Waals surface area contributed by atoms with Gasteiger partial charge in [-0.05, 0) is 43.5 Å². The molecular formula is C21H28ClN5O2. The number of benzene rings is 1. The Morgan fingerprint density at radius 3 is 2.59 bits per heavy atom. The molecule has 0 radical (unpaired) electrons. The molecule has 1 aromatic carbocycles. The second kappa shape index (κ2) is 9.89. The number of carbonyl (C=O) groups excluding carboxylic acids is 2. The molecule has 7 nitrogen and oxygen atoms in total. The SMILES string of the molecule is C[C@H](C(=O)N(C)CC(=O)NC1CCN(Cc2ccc(Cl)cc2)CC1)n1cccn1. The first kappa shape index (κ1) is 21.3. The van der Waals surface area contributed by atoms with Crippen molar-refractivity contribution >= 4 is 23.4 Å². The molecule has 1 saturated heterocycles. The van der Waals surface area contributed by atoms with Gasteiger partial charge in [0.2, 0.25) is 11.8 Å². The average molecular weight is 418 g/mol. The van der Waals surface area contributed by atoms with Gasteiger partial charge in [-0.25, -0.2) is 0 Å². The van der Waals surface area contributed by atoms with Crippen molar-refractivity contribution in [2.45, 2.75) is 38.4 Å². The highest BCUT2D eigenvalue weighted by Gasteiger charge is 2.24. The maximum Gasteiger partial charge on any atom is 0.247 e. The first-order valence-electron chi connectivity index (χ1n) is 9.92. The third-order valence-electron chi connectivity index (χ3n) is 5.31. The van der Waals surface area contributed by atoms with Crippen molar-refractivity contribution in [3.8, 4) is 0 Å². The Bertz CT molecular complexity index is 801. The van der Waals surface area contributed by atoms with Gasteiger partial charge in [-0.1, -0.05) is 23.7 Å². The minimum absolute atomic E-state index is 0.0510. The molecule has 1 aromatic heterocycles. The highest BCUT2D eigenvalue weighted by atomic mass is 35.5. The van der Waals surface area contributed by atoms with Crippen molar-refractivity contribution in [3.63, 3.8) is 0 Å². The zero-order valence-electron chi connectivity index (χ0n) is 16.9. The summed E-state index contributed by atoms with van der Waals surface area (Å²) in [5.41, 5.74) is 1.24. The fourth-order valence-corrected chi connectivity index (χ4v) is 3.72. The number of likely N-dealkylation sites (N-methyl/N-ethyl adjacent to an activating group) is 1. The van der Waals surface area contributed by atoms with Gasteiger partial charge >= 0.3 is 0 Å². The van der Waals surface area contributed by atoms with Gasteiger partial charge in [-0.2, -0.15) is 5.10 Å². The van der Waals surface area contributed by atoms with Crippen LogP contribution in [0.2, 0.25) is 5.02 Å². The van der Waals surface area contributed by atoms with Gasteiger partial charge in [0.15, 0.2) is 0 Å². The summed E-state index contributed by atoms with van der Waals surface area (Å²) in [6, 6.07) is 9.41. The van der Waals surface area contributed by atoms with Gasteiger partial charge < -0.3 is 10.2 Å². The summed E-state index contributed by atoms with van der Waals surface area (Å²) in [5, 5.41) is 7.91. The highest BCUT2D eigenvalue weighted by molar-refractivity contribution is 6.30. The van der Waals surface area contributed by atoms with Gasteiger partial charge in [0.1, 0.15) is 6.04 Å². The molecule has 29 heavy (non-hydrogen) atoms. The summed E-state index contributed by atoms with van der Waals surface area (Å²) in [7, 11) is 1.65. The lowest BCUT2D eigenvalue weighted by atomic mass is 10.0. The van der Waals surface area contributed by atoms with E-state index in [0.29, 0.717) is 0 Å². The zero-order chi connectivity index (χ0) is 20.8. The van der Waals surface area contributed by atoms with Crippen molar-refractivity contribution in [3.05, 3.63) is 53.3 Å². The van der Waals surface area contributed by atoms with E-state index in [9.17, 15) is 9.59 Å². The first-order valence-corrected chi connectivity index (χ1v) is 10.3. The number of hydrogen-bond donors (Lipinski definition) is 1. The molecule has 0 unspecified atom stereocenters. The molecule has 8 heteroatoms. The van der Waals surface area contributed by atoms with Crippen molar-refractivity contribution in [1.82, 2.24) is 24.9 Å². The number of hydrogen-bond acceptors (Lipinski definition) is 4. The van der Waals surface area contributed by atoms with Crippen LogP contribution in [0.25, 0.3) is 0 Å². The molecule has 2 amide bonds. The predicted octanol–water partition coefficient (Wildman–Crippen LogP) is 2.34. The molecule has 0 aliphatic carbocycles. The maximum absolute atomic E-state index is 12.5. The van der Waals surface area contributed by atoms with E-state index in [4.69, 9.17) is 11.6 Å². The van der Waals surface area contributed by atoms with Crippen LogP contribution < -0.4 is 5.32 Å². The number of nitrogens with one attached hydrogen (secondary N) is 1. The lowest BCUT2D eigenvalue weighted by Crippen LogP contribution is -2.48. The minimum Gasteiger partial charge on any atom is -0.352 e. The lowest BCUT2D eigenvalue weighted by molar-refractivity contribution is -0.137. The molecule has 0 bridgehead atoms. The number of rotatable bonds is 7. The largest absolute Gasteiger partial charge is 0.352 e. The first-order chi connectivity index (χ1) is 13.9. The second-order valence-corrected chi connectivity index (χ2v) is 8.04. The second-order valence-electron chi connectivity index (χ2n) is 7.60. The molecule has 0 spiro atoms. The number of aromatic nitrogens is 2. The molecule has 1 N–H and O–H groups in total. The van der Waals surface area contributed by atoms with Crippen LogP contribution in [0.5, 0.6) is 0 Å². The summed E-state index contributed by atoms with van der Waals surface area (Å²) in [6.07, 6.45) is 5.19. The van der Waals surface area contributed by atoms with Crippen LogP contribution in [-0.4, -0.2) is 64.1 Å². The Labute approximate surface area is 176 Å². The molecule has 2 heterocycles. The third-order valence-corrected chi connectivity index (χ3v) is 5.56. The topological polar surface area (TPSA) is 70.5 Å². The molecule has 1 fully saturated rings. The fourth-order valence-electron chi connectivity index (χ4n) is 3.59. The average Bonchev–Trinajstić information content (AvgIpc) is 3.25. The molecular weight excluding hydrogens is 390 g/mol. The van der Waals surface area contributed by atoms with Gasteiger partial charge in [0.25, 0.3) is 0 Å². The fraction of sp³-hybridized carbons (Fsp3) is 0.476. The van der Waals surface area contributed by atoms with Crippen LogP contribution in [0.3, 0.4) is 0 Å². The van der Waals surface area contributed by atoms with Gasteiger partial charge in [0, 0.05) is 50.1 Å². The quantitative estimate of drug-likeness (QED) is 0.750. The summed E-state index contributed by atoms with van der Waals surface area (Å²) in [5.74, 6) is -0.258. The Balaban J connectivity index is 1.40. The summed E-state index contributed by atoms with van der Waals surface area (Å²) in [4.78, 5) is 28.7. The molecule has 0 saturated carbocycles. The number of amides is 2. The minimum atomic E-state index is -0.432. The van der Waals surface area contributed by atoms with E-state index in [1.165, 1.54) is 10.5 Å². The van der Waals surface area contributed by atoms with Crippen LogP contribution >= 0.6 is 11.6 Å². The normalized spacial score (nSPS) is 16.4. The summed E-state index contributed by atoms with van der Waals surface area (Å²) >= 11 is 5.94. The predicted molar refractivity (Wildman–Crippen MR) is 112 cm³/mol. The van der Waals surface area contributed by atoms with E-state index >= 15 is 0 Å².